The molecular weight excluding hydrogens is 362 g/mol. The summed E-state index contributed by atoms with van der Waals surface area (Å²) in [4.78, 5) is 37.1. The molecule has 2 rings (SSSR count). The molecule has 1 N–H and O–H groups in total. The highest BCUT2D eigenvalue weighted by molar-refractivity contribution is 6.32. The number of nitrogens with zero attached hydrogens (tertiary/aromatic N) is 4. The third kappa shape index (κ3) is 4.49. The Morgan fingerprint density at radius 2 is 1.92 bits per heavy atom. The smallest absolute Gasteiger partial charge is 0.289 e. The van der Waals surface area contributed by atoms with Crippen LogP contribution in [0, 0.1) is 21.4 Å². The van der Waals surface area contributed by atoms with Crippen molar-refractivity contribution in [1.29, 1.82) is 5.26 Å². The molecule has 10 heteroatoms. The lowest BCUT2D eigenvalue weighted by Crippen LogP contribution is -2.50. The van der Waals surface area contributed by atoms with Crippen LogP contribution in [0.15, 0.2) is 30.0 Å². The minimum atomic E-state index is -0.623. The summed E-state index contributed by atoms with van der Waals surface area (Å²) in [6.07, 6.45) is 1.20. The second-order valence-corrected chi connectivity index (χ2v) is 5.94. The zero-order valence-corrected chi connectivity index (χ0v) is 14.7. The fourth-order valence-electron chi connectivity index (χ4n) is 2.43. The Labute approximate surface area is 154 Å². The topological polar surface area (TPSA) is 120 Å². The molecule has 136 valence electrons. The molecule has 0 aromatic heterocycles. The molecule has 26 heavy (non-hydrogen) atoms. The molecule has 1 heterocycles. The first-order valence-electron chi connectivity index (χ1n) is 7.69. The molecule has 0 aliphatic carbocycles. The van der Waals surface area contributed by atoms with Crippen LogP contribution in [-0.4, -0.2) is 52.7 Å². The molecule has 1 fully saturated rings. The van der Waals surface area contributed by atoms with Gasteiger partial charge in [0, 0.05) is 51.1 Å². The van der Waals surface area contributed by atoms with Gasteiger partial charge in [-0.05, 0) is 12.1 Å². The van der Waals surface area contributed by atoms with Crippen LogP contribution in [0.3, 0.4) is 0 Å². The van der Waals surface area contributed by atoms with Crippen LogP contribution in [-0.2, 0) is 9.59 Å². The number of nitro groups is 1. The Balaban J connectivity index is 2.08. The monoisotopic (exact) mass is 377 g/mol. The summed E-state index contributed by atoms with van der Waals surface area (Å²) in [5.41, 5.74) is -0.0998. The lowest BCUT2D eigenvalue weighted by Gasteiger charge is -2.34. The summed E-state index contributed by atoms with van der Waals surface area (Å²) in [6.45, 7) is 2.97. The highest BCUT2D eigenvalue weighted by atomic mass is 35.5. The minimum absolute atomic E-state index is 0.00976. The van der Waals surface area contributed by atoms with Crippen molar-refractivity contribution in [1.82, 2.24) is 9.80 Å². The summed E-state index contributed by atoms with van der Waals surface area (Å²) in [5.74, 6) is -0.522. The molecule has 0 atom stereocenters. The number of halogens is 1. The van der Waals surface area contributed by atoms with Gasteiger partial charge >= 0.3 is 0 Å². The first-order valence-corrected chi connectivity index (χ1v) is 8.07. The van der Waals surface area contributed by atoms with Gasteiger partial charge in [-0.15, -0.1) is 0 Å². The van der Waals surface area contributed by atoms with Crippen molar-refractivity contribution in [2.75, 3.05) is 31.5 Å². The zero-order valence-electron chi connectivity index (χ0n) is 13.9. The van der Waals surface area contributed by atoms with Gasteiger partial charge in [-0.2, -0.15) is 5.26 Å². The van der Waals surface area contributed by atoms with Gasteiger partial charge in [0.15, 0.2) is 0 Å². The second kappa shape index (κ2) is 8.31. The highest BCUT2D eigenvalue weighted by Crippen LogP contribution is 2.27. The van der Waals surface area contributed by atoms with E-state index in [1.165, 1.54) is 36.2 Å². The van der Waals surface area contributed by atoms with Crippen LogP contribution in [0.1, 0.15) is 6.92 Å². The zero-order chi connectivity index (χ0) is 19.3. The van der Waals surface area contributed by atoms with Gasteiger partial charge in [0.1, 0.15) is 16.7 Å². The first kappa shape index (κ1) is 19.2. The van der Waals surface area contributed by atoms with Crippen LogP contribution >= 0.6 is 11.6 Å². The van der Waals surface area contributed by atoms with Crippen molar-refractivity contribution in [3.8, 4) is 6.07 Å². The molecule has 1 aromatic carbocycles. The summed E-state index contributed by atoms with van der Waals surface area (Å²) >= 11 is 5.74. The van der Waals surface area contributed by atoms with E-state index in [4.69, 9.17) is 11.6 Å². The normalized spacial score (nSPS) is 14.6. The average Bonchev–Trinajstić information content (AvgIpc) is 2.63. The van der Waals surface area contributed by atoms with Crippen molar-refractivity contribution < 1.29 is 14.5 Å². The number of benzene rings is 1. The minimum Gasteiger partial charge on any atom is -0.360 e. The van der Waals surface area contributed by atoms with Crippen LogP contribution < -0.4 is 5.32 Å². The molecule has 1 aliphatic heterocycles. The molecule has 1 aliphatic rings. The van der Waals surface area contributed by atoms with E-state index in [9.17, 15) is 25.0 Å². The molecule has 1 aromatic rings. The fraction of sp³-hybridized carbons (Fsp3) is 0.312. The van der Waals surface area contributed by atoms with E-state index in [-0.39, 0.29) is 22.2 Å². The lowest BCUT2D eigenvalue weighted by atomic mass is 10.2. The standard InChI is InChI=1S/C16H16ClN5O4/c1-11(23)20-4-6-21(7-5-20)16(24)12(9-18)10-19-13-2-3-14(17)15(8-13)22(25)26/h2-3,8,10,19H,4-7H2,1H3/b12-10-. The summed E-state index contributed by atoms with van der Waals surface area (Å²) in [6, 6.07) is 5.88. The Kier molecular flexibility index (Phi) is 6.14. The van der Waals surface area contributed by atoms with Crippen LogP contribution in [0.4, 0.5) is 11.4 Å². The predicted molar refractivity (Wildman–Crippen MR) is 94.3 cm³/mol. The van der Waals surface area contributed by atoms with Gasteiger partial charge in [-0.3, -0.25) is 19.7 Å². The van der Waals surface area contributed by atoms with Crippen molar-refractivity contribution in [2.45, 2.75) is 6.92 Å². The van der Waals surface area contributed by atoms with E-state index >= 15 is 0 Å². The number of rotatable bonds is 4. The largest absolute Gasteiger partial charge is 0.360 e. The van der Waals surface area contributed by atoms with E-state index in [0.29, 0.717) is 31.9 Å². The maximum atomic E-state index is 12.4. The quantitative estimate of drug-likeness (QED) is 0.369. The van der Waals surface area contributed by atoms with Crippen molar-refractivity contribution in [3.63, 3.8) is 0 Å². The van der Waals surface area contributed by atoms with Gasteiger partial charge in [-0.25, -0.2) is 0 Å². The molecule has 1 saturated heterocycles. The van der Waals surface area contributed by atoms with E-state index in [2.05, 4.69) is 5.32 Å². The number of nitriles is 1. The van der Waals surface area contributed by atoms with Gasteiger partial charge in [-0.1, -0.05) is 11.6 Å². The highest BCUT2D eigenvalue weighted by Gasteiger charge is 2.24. The first-order chi connectivity index (χ1) is 12.3. The van der Waals surface area contributed by atoms with E-state index in [0.717, 1.165) is 0 Å². The Bertz CT molecular complexity index is 809. The number of piperazine rings is 1. The molecule has 0 radical (unpaired) electrons. The van der Waals surface area contributed by atoms with Crippen LogP contribution in [0.25, 0.3) is 0 Å². The van der Waals surface area contributed by atoms with E-state index in [1.54, 1.807) is 4.90 Å². The van der Waals surface area contributed by atoms with E-state index < -0.39 is 10.8 Å². The number of carbonyl (C=O) groups is 2. The second-order valence-electron chi connectivity index (χ2n) is 5.54. The molecule has 0 unspecified atom stereocenters. The molecule has 9 nitrogen and oxygen atoms in total. The maximum Gasteiger partial charge on any atom is 0.289 e. The summed E-state index contributed by atoms with van der Waals surface area (Å²) < 4.78 is 0. The Morgan fingerprint density at radius 3 is 2.46 bits per heavy atom. The maximum absolute atomic E-state index is 12.4. The lowest BCUT2D eigenvalue weighted by molar-refractivity contribution is -0.384. The third-order valence-electron chi connectivity index (χ3n) is 3.89. The Hall–Kier alpha value is -3.12. The molecule has 0 spiro atoms. The number of nitro benzene ring substituents is 1. The predicted octanol–water partition coefficient (Wildman–Crippen LogP) is 1.76. The van der Waals surface area contributed by atoms with Crippen LogP contribution in [0.5, 0.6) is 0 Å². The number of nitrogens with one attached hydrogen (secondary N) is 1. The SMILES string of the molecule is CC(=O)N1CCN(C(=O)/C(C#N)=C\Nc2ccc(Cl)c([N+](=O)[O-])c2)CC1. The van der Waals surface area contributed by atoms with Gasteiger partial charge < -0.3 is 15.1 Å². The van der Waals surface area contributed by atoms with Gasteiger partial charge in [0.05, 0.1) is 4.92 Å². The summed E-state index contributed by atoms with van der Waals surface area (Å²) in [5, 5.41) is 22.8. The van der Waals surface area contributed by atoms with Gasteiger partial charge in [0.2, 0.25) is 5.91 Å². The number of hydrogen-bond acceptors (Lipinski definition) is 6. The van der Waals surface area contributed by atoms with E-state index in [1.807, 2.05) is 6.07 Å². The number of hydrogen-bond donors (Lipinski definition) is 1. The van der Waals surface area contributed by atoms with Crippen molar-refractivity contribution in [2.24, 2.45) is 0 Å². The molecule has 2 amide bonds. The number of carbonyl (C=O) groups excluding carboxylic acids is 2. The summed E-state index contributed by atoms with van der Waals surface area (Å²) in [7, 11) is 0. The molecule has 0 bridgehead atoms. The fourth-order valence-corrected chi connectivity index (χ4v) is 2.62. The van der Waals surface area contributed by atoms with Crippen molar-refractivity contribution >= 4 is 34.8 Å². The number of amides is 2. The van der Waals surface area contributed by atoms with Gasteiger partial charge in [0.25, 0.3) is 11.6 Å². The average molecular weight is 378 g/mol. The molecule has 0 saturated carbocycles. The third-order valence-corrected chi connectivity index (χ3v) is 4.21. The Morgan fingerprint density at radius 1 is 1.31 bits per heavy atom. The van der Waals surface area contributed by atoms with Crippen molar-refractivity contribution in [3.05, 3.63) is 45.1 Å². The number of anilines is 1. The molecular formula is C16H16ClN5O4. The van der Waals surface area contributed by atoms with Crippen LogP contribution in [0.2, 0.25) is 5.02 Å².